The van der Waals surface area contributed by atoms with Gasteiger partial charge in [-0.15, -0.1) is 0 Å². The summed E-state index contributed by atoms with van der Waals surface area (Å²) < 4.78 is 0. The maximum Gasteiger partial charge on any atom is 0.242 e. The number of halogens is 3. The maximum absolute atomic E-state index is 13.3. The molecule has 0 saturated carbocycles. The van der Waals surface area contributed by atoms with Gasteiger partial charge in [-0.2, -0.15) is 0 Å². The van der Waals surface area contributed by atoms with Gasteiger partial charge in [0.2, 0.25) is 11.8 Å². The molecule has 0 radical (unpaired) electrons. The lowest BCUT2D eigenvalue weighted by Gasteiger charge is -2.31. The monoisotopic (exact) mass is 454 g/mol. The van der Waals surface area contributed by atoms with E-state index in [0.717, 1.165) is 12.0 Å². The fourth-order valence-corrected chi connectivity index (χ4v) is 3.68. The van der Waals surface area contributed by atoms with E-state index in [4.69, 9.17) is 34.8 Å². The van der Waals surface area contributed by atoms with Crippen LogP contribution in [-0.4, -0.2) is 29.3 Å². The number of nitrogens with zero attached hydrogens (tertiary/aromatic N) is 1. The Bertz CT molecular complexity index is 820. The number of benzene rings is 2. The SMILES string of the molecule is CCCNC(=O)C(CC)N(Cc1ccc(Cl)cc1)C(=O)Cc1c(Cl)cccc1Cl. The minimum atomic E-state index is -0.592. The van der Waals surface area contributed by atoms with Gasteiger partial charge < -0.3 is 10.2 Å². The van der Waals surface area contributed by atoms with Crippen LogP contribution in [0.1, 0.15) is 37.8 Å². The number of hydrogen-bond donors (Lipinski definition) is 1. The Hall–Kier alpha value is -1.75. The molecule has 0 fully saturated rings. The normalized spacial score (nSPS) is 11.8. The summed E-state index contributed by atoms with van der Waals surface area (Å²) in [6, 6.07) is 11.8. The number of carbonyl (C=O) groups is 2. The van der Waals surface area contributed by atoms with Crippen molar-refractivity contribution in [2.75, 3.05) is 6.54 Å². The number of amides is 2. The Labute approximate surface area is 187 Å². The van der Waals surface area contributed by atoms with Crippen LogP contribution in [0.5, 0.6) is 0 Å². The van der Waals surface area contributed by atoms with E-state index in [-0.39, 0.29) is 24.8 Å². The number of nitrogens with one attached hydrogen (secondary N) is 1. The molecule has 0 aliphatic heterocycles. The van der Waals surface area contributed by atoms with Gasteiger partial charge in [0.15, 0.2) is 0 Å². The van der Waals surface area contributed by atoms with E-state index in [9.17, 15) is 9.59 Å². The topological polar surface area (TPSA) is 49.4 Å². The number of carbonyl (C=O) groups excluding carboxylic acids is 2. The van der Waals surface area contributed by atoms with Gasteiger partial charge >= 0.3 is 0 Å². The van der Waals surface area contributed by atoms with Crippen LogP contribution in [0.2, 0.25) is 15.1 Å². The zero-order chi connectivity index (χ0) is 21.4. The molecule has 0 saturated heterocycles. The second kappa shape index (κ2) is 11.4. The summed E-state index contributed by atoms with van der Waals surface area (Å²) in [4.78, 5) is 27.6. The van der Waals surface area contributed by atoms with Crippen molar-refractivity contribution in [3.8, 4) is 0 Å². The van der Waals surface area contributed by atoms with E-state index >= 15 is 0 Å². The van der Waals surface area contributed by atoms with Crippen molar-refractivity contribution in [1.82, 2.24) is 10.2 Å². The molecule has 7 heteroatoms. The summed E-state index contributed by atoms with van der Waals surface area (Å²) >= 11 is 18.5. The van der Waals surface area contributed by atoms with Crippen LogP contribution in [0.4, 0.5) is 0 Å². The van der Waals surface area contributed by atoms with Gasteiger partial charge in [-0.05, 0) is 48.2 Å². The molecule has 2 aromatic carbocycles. The second-order valence-electron chi connectivity index (χ2n) is 6.74. The van der Waals surface area contributed by atoms with Gasteiger partial charge in [0, 0.05) is 28.2 Å². The van der Waals surface area contributed by atoms with Crippen LogP contribution >= 0.6 is 34.8 Å². The lowest BCUT2D eigenvalue weighted by molar-refractivity contribution is -0.140. The van der Waals surface area contributed by atoms with Gasteiger partial charge in [-0.25, -0.2) is 0 Å². The van der Waals surface area contributed by atoms with Gasteiger partial charge in [-0.3, -0.25) is 9.59 Å². The van der Waals surface area contributed by atoms with Crippen LogP contribution in [0, 0.1) is 0 Å². The van der Waals surface area contributed by atoms with Crippen molar-refractivity contribution in [1.29, 1.82) is 0 Å². The Balaban J connectivity index is 2.32. The minimum Gasteiger partial charge on any atom is -0.354 e. The zero-order valence-electron chi connectivity index (χ0n) is 16.6. The Morgan fingerprint density at radius 2 is 1.62 bits per heavy atom. The average molecular weight is 456 g/mol. The smallest absolute Gasteiger partial charge is 0.242 e. The van der Waals surface area contributed by atoms with Crippen LogP contribution in [0.25, 0.3) is 0 Å². The molecular formula is C22H25Cl3N2O2. The molecule has 0 aromatic heterocycles. The Kier molecular flexibility index (Phi) is 9.28. The highest BCUT2D eigenvalue weighted by Crippen LogP contribution is 2.26. The highest BCUT2D eigenvalue weighted by atomic mass is 35.5. The largest absolute Gasteiger partial charge is 0.354 e. The van der Waals surface area contributed by atoms with Crippen molar-refractivity contribution < 1.29 is 9.59 Å². The summed E-state index contributed by atoms with van der Waals surface area (Å²) in [6.45, 7) is 4.73. The van der Waals surface area contributed by atoms with Crippen molar-refractivity contribution in [3.63, 3.8) is 0 Å². The summed E-state index contributed by atoms with van der Waals surface area (Å²) in [5, 5.41) is 4.37. The molecule has 0 aliphatic rings. The minimum absolute atomic E-state index is 0.0175. The van der Waals surface area contributed by atoms with Crippen LogP contribution in [0.3, 0.4) is 0 Å². The van der Waals surface area contributed by atoms with Gasteiger partial charge in [0.05, 0.1) is 6.42 Å². The third-order valence-electron chi connectivity index (χ3n) is 4.59. The first kappa shape index (κ1) is 23.5. The zero-order valence-corrected chi connectivity index (χ0v) is 18.8. The number of hydrogen-bond acceptors (Lipinski definition) is 2. The summed E-state index contributed by atoms with van der Waals surface area (Å²) in [5.41, 5.74) is 1.44. The van der Waals surface area contributed by atoms with E-state index in [2.05, 4.69) is 5.32 Å². The fourth-order valence-electron chi connectivity index (χ4n) is 3.03. The first-order valence-corrected chi connectivity index (χ1v) is 10.7. The van der Waals surface area contributed by atoms with E-state index in [1.165, 1.54) is 0 Å². The quantitative estimate of drug-likeness (QED) is 0.541. The molecule has 0 heterocycles. The lowest BCUT2D eigenvalue weighted by Crippen LogP contribution is -2.49. The third-order valence-corrected chi connectivity index (χ3v) is 5.55. The fraction of sp³-hybridized carbons (Fsp3) is 0.364. The molecule has 2 rings (SSSR count). The second-order valence-corrected chi connectivity index (χ2v) is 7.99. The Morgan fingerprint density at radius 1 is 1.00 bits per heavy atom. The highest BCUT2D eigenvalue weighted by molar-refractivity contribution is 6.36. The van der Waals surface area contributed by atoms with Gasteiger partial charge in [0.1, 0.15) is 6.04 Å². The molecule has 0 aliphatic carbocycles. The van der Waals surface area contributed by atoms with Crippen molar-refractivity contribution in [2.45, 2.75) is 45.7 Å². The van der Waals surface area contributed by atoms with E-state index in [1.807, 2.05) is 26.0 Å². The van der Waals surface area contributed by atoms with Crippen LogP contribution in [0.15, 0.2) is 42.5 Å². The van der Waals surface area contributed by atoms with Gasteiger partial charge in [0.25, 0.3) is 0 Å². The predicted octanol–water partition coefficient (Wildman–Crippen LogP) is 5.52. The molecule has 1 N–H and O–H groups in total. The maximum atomic E-state index is 13.3. The average Bonchev–Trinajstić information content (AvgIpc) is 2.70. The molecule has 2 amide bonds. The molecule has 1 atom stereocenters. The highest BCUT2D eigenvalue weighted by Gasteiger charge is 2.29. The van der Waals surface area contributed by atoms with E-state index in [0.29, 0.717) is 33.6 Å². The summed E-state index contributed by atoms with van der Waals surface area (Å²) in [6.07, 6.45) is 1.33. The molecule has 156 valence electrons. The number of rotatable bonds is 9. The van der Waals surface area contributed by atoms with E-state index < -0.39 is 6.04 Å². The molecular weight excluding hydrogens is 431 g/mol. The van der Waals surface area contributed by atoms with Crippen molar-refractivity contribution in [3.05, 3.63) is 68.7 Å². The molecule has 0 spiro atoms. The van der Waals surface area contributed by atoms with Gasteiger partial charge in [-0.1, -0.05) is 66.8 Å². The van der Waals surface area contributed by atoms with E-state index in [1.54, 1.807) is 35.2 Å². The standard InChI is InChI=1S/C22H25Cl3N2O2/c1-3-12-26-22(29)20(4-2)27(14-15-8-10-16(23)11-9-15)21(28)13-17-18(24)6-5-7-19(17)25/h5-11,20H,3-4,12-14H2,1-2H3,(H,26,29). The molecule has 1 unspecified atom stereocenters. The molecule has 2 aromatic rings. The molecule has 0 bridgehead atoms. The van der Waals surface area contributed by atoms with Crippen LogP contribution < -0.4 is 5.32 Å². The molecule has 29 heavy (non-hydrogen) atoms. The first-order chi connectivity index (χ1) is 13.9. The van der Waals surface area contributed by atoms with Crippen LogP contribution in [-0.2, 0) is 22.6 Å². The Morgan fingerprint density at radius 3 is 2.17 bits per heavy atom. The lowest BCUT2D eigenvalue weighted by atomic mass is 10.1. The summed E-state index contributed by atoms with van der Waals surface area (Å²) in [7, 11) is 0. The predicted molar refractivity (Wildman–Crippen MR) is 120 cm³/mol. The third kappa shape index (κ3) is 6.63. The van der Waals surface area contributed by atoms with Crippen molar-refractivity contribution in [2.24, 2.45) is 0 Å². The molecule has 4 nitrogen and oxygen atoms in total. The van der Waals surface area contributed by atoms with Crippen molar-refractivity contribution >= 4 is 46.6 Å². The summed E-state index contributed by atoms with van der Waals surface area (Å²) in [5.74, 6) is -0.379. The first-order valence-electron chi connectivity index (χ1n) is 9.61.